The number of rotatable bonds is 4. The molecule has 106 valence electrons. The van der Waals surface area contributed by atoms with Crippen molar-refractivity contribution in [3.63, 3.8) is 0 Å². The van der Waals surface area contributed by atoms with Crippen LogP contribution in [0.2, 0.25) is 0 Å². The molecule has 0 atom stereocenters. The number of hydrogen-bond donors (Lipinski definition) is 1. The number of carbonyl (C=O) groups is 1. The molecule has 1 aliphatic carbocycles. The molecule has 1 saturated carbocycles. The highest BCUT2D eigenvalue weighted by atomic mass is 16.7. The van der Waals surface area contributed by atoms with Crippen LogP contribution in [0.4, 0.5) is 5.82 Å². The number of pyridine rings is 1. The van der Waals surface area contributed by atoms with Crippen molar-refractivity contribution in [1.82, 2.24) is 4.98 Å². The molecule has 20 heavy (non-hydrogen) atoms. The molecule has 5 nitrogen and oxygen atoms in total. The summed E-state index contributed by atoms with van der Waals surface area (Å²) in [6, 6.07) is 5.88. The van der Waals surface area contributed by atoms with Gasteiger partial charge in [-0.05, 0) is 43.7 Å². The van der Waals surface area contributed by atoms with E-state index < -0.39 is 0 Å². The van der Waals surface area contributed by atoms with Crippen LogP contribution in [0, 0.1) is 5.92 Å². The van der Waals surface area contributed by atoms with Gasteiger partial charge < -0.3 is 10.2 Å². The Morgan fingerprint density at radius 3 is 2.90 bits per heavy atom. The number of hydrogen-bond acceptors (Lipinski definition) is 5. The van der Waals surface area contributed by atoms with Gasteiger partial charge in [0.25, 0.3) is 0 Å². The van der Waals surface area contributed by atoms with Gasteiger partial charge in [-0.15, -0.1) is 0 Å². The highest BCUT2D eigenvalue weighted by Gasteiger charge is 2.42. The summed E-state index contributed by atoms with van der Waals surface area (Å²) in [5.41, 5.74) is 0.354. The molecule has 1 fully saturated rings. The maximum absolute atomic E-state index is 10.7. The minimum Gasteiger partial charge on any atom is -0.388 e. The van der Waals surface area contributed by atoms with Crippen LogP contribution in [0.3, 0.4) is 0 Å². The van der Waals surface area contributed by atoms with Crippen molar-refractivity contribution in [3.05, 3.63) is 24.4 Å². The molecule has 0 aromatic carbocycles. The lowest BCUT2D eigenvalue weighted by atomic mass is 9.76. The first-order valence-electron chi connectivity index (χ1n) is 7.15. The Bertz CT molecular complexity index is 493. The van der Waals surface area contributed by atoms with E-state index in [1.807, 2.05) is 18.2 Å². The second-order valence-electron chi connectivity index (χ2n) is 5.69. The van der Waals surface area contributed by atoms with E-state index in [1.54, 1.807) is 6.20 Å². The fourth-order valence-corrected chi connectivity index (χ4v) is 3.01. The van der Waals surface area contributed by atoms with E-state index in [9.17, 15) is 4.79 Å². The molecular formula is C15H19N3O2. The number of oxime groups is 1. The molecule has 0 amide bonds. The number of aldehydes is 1. The number of anilines is 1. The molecule has 0 unspecified atom stereocenters. The lowest BCUT2D eigenvalue weighted by Crippen LogP contribution is -2.36. The second-order valence-corrected chi connectivity index (χ2v) is 5.69. The van der Waals surface area contributed by atoms with Gasteiger partial charge in [-0.2, -0.15) is 0 Å². The normalized spacial score (nSPS) is 28.8. The van der Waals surface area contributed by atoms with Crippen LogP contribution in [-0.2, 0) is 9.63 Å². The van der Waals surface area contributed by atoms with Gasteiger partial charge in [0, 0.05) is 19.2 Å². The van der Waals surface area contributed by atoms with Gasteiger partial charge in [0.1, 0.15) is 17.1 Å². The SMILES string of the molecule is O=CC1=NOC2(CCC(CNc3ccccn3)CC2)C1. The topological polar surface area (TPSA) is 63.6 Å². The number of carbonyl (C=O) groups excluding carboxylic acids is 1. The van der Waals surface area contributed by atoms with Gasteiger partial charge in [0.15, 0.2) is 6.29 Å². The fraction of sp³-hybridized carbons (Fsp3) is 0.533. The van der Waals surface area contributed by atoms with E-state index in [-0.39, 0.29) is 5.60 Å². The van der Waals surface area contributed by atoms with E-state index in [4.69, 9.17) is 4.84 Å². The third-order valence-electron chi connectivity index (χ3n) is 4.25. The molecule has 0 bridgehead atoms. The molecule has 3 rings (SSSR count). The molecule has 0 radical (unpaired) electrons. The molecule has 2 aliphatic rings. The molecule has 1 aromatic heterocycles. The lowest BCUT2D eigenvalue weighted by Gasteiger charge is -2.34. The number of nitrogens with zero attached hydrogens (tertiary/aromatic N) is 2. The smallest absolute Gasteiger partial charge is 0.167 e. The van der Waals surface area contributed by atoms with E-state index in [1.165, 1.54) is 0 Å². The van der Waals surface area contributed by atoms with Gasteiger partial charge in [0.2, 0.25) is 0 Å². The maximum Gasteiger partial charge on any atom is 0.167 e. The number of aromatic nitrogens is 1. The average molecular weight is 273 g/mol. The zero-order valence-electron chi connectivity index (χ0n) is 11.4. The van der Waals surface area contributed by atoms with Crippen molar-refractivity contribution in [2.24, 2.45) is 11.1 Å². The zero-order chi connectivity index (χ0) is 13.8. The molecular weight excluding hydrogens is 254 g/mol. The number of nitrogens with one attached hydrogen (secondary N) is 1. The van der Waals surface area contributed by atoms with E-state index in [0.717, 1.165) is 44.3 Å². The Morgan fingerprint density at radius 2 is 2.25 bits per heavy atom. The third-order valence-corrected chi connectivity index (χ3v) is 4.25. The highest BCUT2D eigenvalue weighted by Crippen LogP contribution is 2.40. The standard InChI is InChI=1S/C15H19N3O2/c19-11-13-9-15(20-18-13)6-4-12(5-7-15)10-17-14-3-1-2-8-16-14/h1-3,8,11-12H,4-7,9-10H2,(H,16,17). The van der Waals surface area contributed by atoms with Crippen molar-refractivity contribution in [2.45, 2.75) is 37.7 Å². The van der Waals surface area contributed by atoms with Crippen molar-refractivity contribution in [3.8, 4) is 0 Å². The Kier molecular flexibility index (Phi) is 3.67. The third kappa shape index (κ3) is 2.81. The Hall–Kier alpha value is -1.91. The van der Waals surface area contributed by atoms with E-state index in [2.05, 4.69) is 15.5 Å². The molecule has 1 N–H and O–H groups in total. The predicted octanol–water partition coefficient (Wildman–Crippen LogP) is 2.40. The van der Waals surface area contributed by atoms with Crippen LogP contribution in [0.25, 0.3) is 0 Å². The second kappa shape index (κ2) is 5.61. The van der Waals surface area contributed by atoms with Crippen molar-refractivity contribution in [1.29, 1.82) is 0 Å². The molecule has 1 aliphatic heterocycles. The molecule has 0 saturated heterocycles. The Labute approximate surface area is 118 Å². The quantitative estimate of drug-likeness (QED) is 0.856. The van der Waals surface area contributed by atoms with Crippen molar-refractivity contribution >= 4 is 17.8 Å². The van der Waals surface area contributed by atoms with Gasteiger partial charge >= 0.3 is 0 Å². The minimum atomic E-state index is -0.197. The average Bonchev–Trinajstić information content (AvgIpc) is 2.91. The van der Waals surface area contributed by atoms with Gasteiger partial charge in [-0.25, -0.2) is 4.98 Å². The van der Waals surface area contributed by atoms with Crippen molar-refractivity contribution < 1.29 is 9.63 Å². The molecule has 5 heteroatoms. The Balaban J connectivity index is 1.46. The van der Waals surface area contributed by atoms with Crippen LogP contribution in [0.15, 0.2) is 29.6 Å². The summed E-state index contributed by atoms with van der Waals surface area (Å²) in [4.78, 5) is 20.5. The van der Waals surface area contributed by atoms with Gasteiger partial charge in [-0.3, -0.25) is 4.79 Å². The van der Waals surface area contributed by atoms with Gasteiger partial charge in [0.05, 0.1) is 0 Å². The highest BCUT2D eigenvalue weighted by molar-refractivity contribution is 6.28. The largest absolute Gasteiger partial charge is 0.388 e. The van der Waals surface area contributed by atoms with Crippen LogP contribution < -0.4 is 5.32 Å². The van der Waals surface area contributed by atoms with E-state index in [0.29, 0.717) is 18.1 Å². The predicted molar refractivity (Wildman–Crippen MR) is 76.6 cm³/mol. The van der Waals surface area contributed by atoms with Crippen LogP contribution in [-0.4, -0.2) is 29.1 Å². The van der Waals surface area contributed by atoms with Gasteiger partial charge in [-0.1, -0.05) is 11.2 Å². The summed E-state index contributed by atoms with van der Waals surface area (Å²) in [5.74, 6) is 1.56. The summed E-state index contributed by atoms with van der Waals surface area (Å²) < 4.78 is 0. The zero-order valence-corrected chi connectivity index (χ0v) is 11.4. The Morgan fingerprint density at radius 1 is 1.40 bits per heavy atom. The summed E-state index contributed by atoms with van der Waals surface area (Å²) in [6.07, 6.45) is 7.43. The maximum atomic E-state index is 10.7. The first kappa shape index (κ1) is 13.1. The van der Waals surface area contributed by atoms with Crippen LogP contribution >= 0.6 is 0 Å². The fourth-order valence-electron chi connectivity index (χ4n) is 3.01. The minimum absolute atomic E-state index is 0.197. The molecule has 1 aromatic rings. The first-order valence-corrected chi connectivity index (χ1v) is 7.15. The van der Waals surface area contributed by atoms with Crippen molar-refractivity contribution in [2.75, 3.05) is 11.9 Å². The summed E-state index contributed by atoms with van der Waals surface area (Å²) in [7, 11) is 0. The van der Waals surface area contributed by atoms with E-state index >= 15 is 0 Å². The summed E-state index contributed by atoms with van der Waals surface area (Å²) >= 11 is 0. The molecule has 2 heterocycles. The monoisotopic (exact) mass is 273 g/mol. The summed E-state index contributed by atoms with van der Waals surface area (Å²) in [6.45, 7) is 0.939. The van der Waals surface area contributed by atoms with Crippen LogP contribution in [0.5, 0.6) is 0 Å². The molecule has 1 spiro atoms. The summed E-state index contributed by atoms with van der Waals surface area (Å²) in [5, 5.41) is 7.25. The first-order chi connectivity index (χ1) is 9.80. The lowest BCUT2D eigenvalue weighted by molar-refractivity contribution is -0.102. The van der Waals surface area contributed by atoms with Crippen LogP contribution in [0.1, 0.15) is 32.1 Å².